The zero-order chi connectivity index (χ0) is 16.0. The zero-order valence-electron chi connectivity index (χ0n) is 12.8. The average molecular weight is 309 g/mol. The molecule has 1 rings (SSSR count). The van der Waals surface area contributed by atoms with Crippen LogP contribution in [0.4, 0.5) is 10.5 Å². The Morgan fingerprint density at radius 2 is 2.10 bits per heavy atom. The summed E-state index contributed by atoms with van der Waals surface area (Å²) in [7, 11) is 0. The number of rotatable bonds is 2. The van der Waals surface area contributed by atoms with Crippen molar-refractivity contribution in [1.29, 1.82) is 0 Å². The third kappa shape index (κ3) is 6.42. The van der Waals surface area contributed by atoms with E-state index in [0.717, 1.165) is 11.1 Å². The molecule has 3 N–H and O–H groups in total. The van der Waals surface area contributed by atoms with Crippen LogP contribution in [0.5, 0.6) is 0 Å². The van der Waals surface area contributed by atoms with Gasteiger partial charge in [-0.25, -0.2) is 4.79 Å². The van der Waals surface area contributed by atoms with E-state index in [2.05, 4.69) is 17.2 Å². The molecule has 0 spiro atoms. The highest BCUT2D eigenvalue weighted by atomic mass is 35.5. The molecule has 0 aliphatic rings. The third-order valence-electron chi connectivity index (χ3n) is 2.50. The molecule has 0 unspecified atom stereocenters. The van der Waals surface area contributed by atoms with Gasteiger partial charge in [-0.15, -0.1) is 0 Å². The number of anilines is 1. The molecule has 4 nitrogen and oxygen atoms in total. The van der Waals surface area contributed by atoms with Crippen molar-refractivity contribution in [3.63, 3.8) is 0 Å². The van der Waals surface area contributed by atoms with Crippen molar-refractivity contribution in [3.05, 3.63) is 28.3 Å². The lowest BCUT2D eigenvalue weighted by Gasteiger charge is -2.19. The highest BCUT2D eigenvalue weighted by Gasteiger charge is 2.15. The lowest BCUT2D eigenvalue weighted by Crippen LogP contribution is -2.32. The van der Waals surface area contributed by atoms with Gasteiger partial charge in [-0.1, -0.05) is 23.4 Å². The summed E-state index contributed by atoms with van der Waals surface area (Å²) < 4.78 is 5.12. The van der Waals surface area contributed by atoms with E-state index in [1.807, 2.05) is 33.8 Å². The number of aryl methyl sites for hydroxylation is 1. The van der Waals surface area contributed by atoms with Gasteiger partial charge in [0.2, 0.25) is 0 Å². The summed E-state index contributed by atoms with van der Waals surface area (Å²) in [6.07, 6.45) is 0.0737. The van der Waals surface area contributed by atoms with E-state index in [9.17, 15) is 4.79 Å². The van der Waals surface area contributed by atoms with Gasteiger partial charge in [0.15, 0.2) is 0 Å². The number of amides is 1. The van der Waals surface area contributed by atoms with Crippen LogP contribution in [0.2, 0.25) is 5.02 Å². The first kappa shape index (κ1) is 17.2. The van der Waals surface area contributed by atoms with Crippen LogP contribution in [0.1, 0.15) is 38.3 Å². The summed E-state index contributed by atoms with van der Waals surface area (Å²) >= 11 is 6.07. The molecule has 0 heterocycles. The number of ether oxygens (including phenoxy) is 1. The van der Waals surface area contributed by atoms with Gasteiger partial charge in [-0.2, -0.15) is 0 Å². The maximum Gasteiger partial charge on any atom is 0.407 e. The lowest BCUT2D eigenvalue weighted by atomic mass is 10.1. The molecule has 21 heavy (non-hydrogen) atoms. The number of benzene rings is 1. The van der Waals surface area contributed by atoms with Crippen LogP contribution in [0.3, 0.4) is 0 Å². The van der Waals surface area contributed by atoms with E-state index in [1.54, 1.807) is 6.07 Å². The fourth-order valence-electron chi connectivity index (χ4n) is 1.49. The van der Waals surface area contributed by atoms with Crippen LogP contribution < -0.4 is 11.1 Å². The molecule has 114 valence electrons. The minimum absolute atomic E-state index is 0.424. The maximum absolute atomic E-state index is 11.4. The second-order valence-electron chi connectivity index (χ2n) is 5.67. The van der Waals surface area contributed by atoms with Gasteiger partial charge in [0, 0.05) is 24.2 Å². The Bertz CT molecular complexity index is 580. The Labute approximate surface area is 131 Å². The minimum atomic E-state index is -0.495. The molecule has 0 saturated carbocycles. The molecule has 0 aromatic heterocycles. The molecular formula is C16H21ClN2O2. The number of nitrogen functional groups attached to an aromatic ring is 1. The maximum atomic E-state index is 11.4. The van der Waals surface area contributed by atoms with Crippen LogP contribution in [0.15, 0.2) is 12.1 Å². The molecule has 1 aromatic carbocycles. The molecular weight excluding hydrogens is 288 g/mol. The molecule has 1 amide bonds. The monoisotopic (exact) mass is 308 g/mol. The predicted octanol–water partition coefficient (Wildman–Crippen LogP) is 3.50. The number of alkyl carbamates (subject to hydrolysis) is 1. The largest absolute Gasteiger partial charge is 0.444 e. The van der Waals surface area contributed by atoms with Gasteiger partial charge in [-0.05, 0) is 45.4 Å². The predicted molar refractivity (Wildman–Crippen MR) is 86.3 cm³/mol. The van der Waals surface area contributed by atoms with Gasteiger partial charge in [-0.3, -0.25) is 0 Å². The van der Waals surface area contributed by atoms with E-state index in [-0.39, 0.29) is 0 Å². The Hall–Kier alpha value is -1.86. The number of hydrogen-bond donors (Lipinski definition) is 2. The number of halogens is 1. The highest BCUT2D eigenvalue weighted by Crippen LogP contribution is 2.21. The summed E-state index contributed by atoms with van der Waals surface area (Å²) in [5.74, 6) is 5.94. The summed E-state index contributed by atoms with van der Waals surface area (Å²) in [4.78, 5) is 11.4. The third-order valence-corrected chi connectivity index (χ3v) is 2.81. The van der Waals surface area contributed by atoms with E-state index >= 15 is 0 Å². The SMILES string of the molecule is Cc1cc(C#CCCNC(=O)OC(C)(C)C)c(Cl)cc1N. The molecule has 0 aliphatic carbocycles. The minimum Gasteiger partial charge on any atom is -0.444 e. The Balaban J connectivity index is 2.48. The van der Waals surface area contributed by atoms with E-state index in [4.69, 9.17) is 22.1 Å². The fourth-order valence-corrected chi connectivity index (χ4v) is 1.71. The van der Waals surface area contributed by atoms with Gasteiger partial charge in [0.1, 0.15) is 5.60 Å². The van der Waals surface area contributed by atoms with Crippen LogP contribution in [-0.2, 0) is 4.74 Å². The van der Waals surface area contributed by atoms with Crippen molar-refractivity contribution in [1.82, 2.24) is 5.32 Å². The van der Waals surface area contributed by atoms with Gasteiger partial charge >= 0.3 is 6.09 Å². The first-order chi connectivity index (χ1) is 9.69. The van der Waals surface area contributed by atoms with E-state index in [1.165, 1.54) is 0 Å². The van der Waals surface area contributed by atoms with Gasteiger partial charge < -0.3 is 15.8 Å². The molecule has 0 aliphatic heterocycles. The molecule has 0 saturated heterocycles. The van der Waals surface area contributed by atoms with Crippen LogP contribution in [-0.4, -0.2) is 18.2 Å². The average Bonchev–Trinajstić information content (AvgIpc) is 2.32. The van der Waals surface area contributed by atoms with Crippen LogP contribution in [0.25, 0.3) is 0 Å². The number of carbonyl (C=O) groups is 1. The number of nitrogens with one attached hydrogen (secondary N) is 1. The topological polar surface area (TPSA) is 64.3 Å². The summed E-state index contributed by atoms with van der Waals surface area (Å²) in [6.45, 7) is 7.78. The molecule has 0 atom stereocenters. The van der Waals surface area contributed by atoms with Crippen molar-refractivity contribution >= 4 is 23.4 Å². The molecule has 0 fully saturated rings. The summed E-state index contributed by atoms with van der Waals surface area (Å²) in [5, 5.41) is 3.18. The Morgan fingerprint density at radius 3 is 2.71 bits per heavy atom. The van der Waals surface area contributed by atoms with Crippen LogP contribution in [0, 0.1) is 18.8 Å². The lowest BCUT2D eigenvalue weighted by molar-refractivity contribution is 0.0529. The Kier molecular flexibility index (Phi) is 5.92. The van der Waals surface area contributed by atoms with Gasteiger partial charge in [0.25, 0.3) is 0 Å². The highest BCUT2D eigenvalue weighted by molar-refractivity contribution is 6.32. The number of carbonyl (C=O) groups excluding carboxylic acids is 1. The Morgan fingerprint density at radius 1 is 1.43 bits per heavy atom. The first-order valence-corrected chi connectivity index (χ1v) is 7.08. The van der Waals surface area contributed by atoms with E-state index in [0.29, 0.717) is 23.7 Å². The quantitative estimate of drug-likeness (QED) is 0.499. The van der Waals surface area contributed by atoms with Crippen LogP contribution >= 0.6 is 11.6 Å². The smallest absolute Gasteiger partial charge is 0.407 e. The van der Waals surface area contributed by atoms with Crippen molar-refractivity contribution in [2.24, 2.45) is 0 Å². The molecule has 0 radical (unpaired) electrons. The summed E-state index contributed by atoms with van der Waals surface area (Å²) in [5.41, 5.74) is 7.59. The van der Waals surface area contributed by atoms with Gasteiger partial charge in [0.05, 0.1) is 5.02 Å². The molecule has 1 aromatic rings. The second-order valence-corrected chi connectivity index (χ2v) is 6.08. The summed E-state index contributed by atoms with van der Waals surface area (Å²) in [6, 6.07) is 3.55. The van der Waals surface area contributed by atoms with Crippen molar-refractivity contribution in [2.75, 3.05) is 12.3 Å². The number of hydrogen-bond acceptors (Lipinski definition) is 3. The number of nitrogens with two attached hydrogens (primary N) is 1. The zero-order valence-corrected chi connectivity index (χ0v) is 13.6. The molecule has 5 heteroatoms. The van der Waals surface area contributed by atoms with Crippen molar-refractivity contribution in [2.45, 2.75) is 39.7 Å². The van der Waals surface area contributed by atoms with Crippen molar-refractivity contribution in [3.8, 4) is 11.8 Å². The van der Waals surface area contributed by atoms with Crippen molar-refractivity contribution < 1.29 is 9.53 Å². The standard InChI is InChI=1S/C16H21ClN2O2/c1-11-9-12(13(17)10-14(11)18)7-5-6-8-19-15(20)21-16(2,3)4/h9-10H,6,8,18H2,1-4H3,(H,19,20). The van der Waals surface area contributed by atoms with E-state index < -0.39 is 11.7 Å². The second kappa shape index (κ2) is 7.24. The molecule has 0 bridgehead atoms. The fraction of sp³-hybridized carbons (Fsp3) is 0.438. The first-order valence-electron chi connectivity index (χ1n) is 6.70. The normalized spacial score (nSPS) is 10.5.